The summed E-state index contributed by atoms with van der Waals surface area (Å²) in [6, 6.07) is 0. The molecule has 4 heteroatoms. The van der Waals surface area contributed by atoms with Gasteiger partial charge in [0.2, 0.25) is 0 Å². The highest BCUT2D eigenvalue weighted by molar-refractivity contribution is 5.24. The molecule has 5 aliphatic rings. The molecule has 3 saturated carbocycles. The van der Waals surface area contributed by atoms with E-state index in [-0.39, 0.29) is 31.2 Å². The van der Waals surface area contributed by atoms with E-state index in [0.29, 0.717) is 17.3 Å². The maximum Gasteiger partial charge on any atom is 0.113 e. The first kappa shape index (κ1) is 20.6. The van der Waals surface area contributed by atoms with E-state index in [4.69, 9.17) is 4.74 Å². The van der Waals surface area contributed by atoms with E-state index in [1.54, 1.807) is 0 Å². The first-order valence-corrected chi connectivity index (χ1v) is 9.06. The van der Waals surface area contributed by atoms with Crippen LogP contribution in [0, 0.1) is 23.2 Å². The lowest BCUT2D eigenvalue weighted by molar-refractivity contribution is -0.139. The Morgan fingerprint density at radius 3 is 2.28 bits per heavy atom. The summed E-state index contributed by atoms with van der Waals surface area (Å²) in [5.74, 6) is 1.19. The summed E-state index contributed by atoms with van der Waals surface area (Å²) in [5, 5.41) is 29.0. The van der Waals surface area contributed by atoms with Gasteiger partial charge in [0.25, 0.3) is 0 Å². The number of rotatable bonds is 1. The Morgan fingerprint density at radius 1 is 1.20 bits per heavy atom. The summed E-state index contributed by atoms with van der Waals surface area (Å²) in [6.07, 6.45) is 2.51. The largest absolute Gasteiger partial charge is 0.390 e. The standard InChI is InChI=1S/2C10H16O2.CH4/c1-9(2)5-4-6(9)10(3)8(12-10)7(5)11;1-6(2)8-5-4-7(3)9(11)10(8)12;/h5-8,11H,4H2,1-3H3;4,8-12H,1,5H2,2-3H3;1H4/t5-,6-,7-,8+,10-;8-,9+,10+;/m10./s1. The van der Waals surface area contributed by atoms with Crippen molar-refractivity contribution >= 4 is 0 Å². The highest BCUT2D eigenvalue weighted by Crippen LogP contribution is 2.70. The minimum atomic E-state index is -0.708. The first-order valence-electron chi connectivity index (χ1n) is 9.06. The van der Waals surface area contributed by atoms with Gasteiger partial charge in [0, 0.05) is 5.92 Å². The Bertz CT molecular complexity index is 561. The monoisotopic (exact) mass is 352 g/mol. The van der Waals surface area contributed by atoms with Gasteiger partial charge in [0.05, 0.1) is 17.8 Å². The zero-order valence-electron chi connectivity index (χ0n) is 15.5. The topological polar surface area (TPSA) is 73.2 Å². The van der Waals surface area contributed by atoms with Gasteiger partial charge in [-0.1, -0.05) is 39.5 Å². The maximum absolute atomic E-state index is 9.90. The summed E-state index contributed by atoms with van der Waals surface area (Å²) in [7, 11) is 0. The lowest BCUT2D eigenvalue weighted by Gasteiger charge is -2.59. The van der Waals surface area contributed by atoms with Crippen LogP contribution in [0.15, 0.2) is 23.8 Å². The quantitative estimate of drug-likeness (QED) is 0.501. The van der Waals surface area contributed by atoms with Crippen molar-refractivity contribution in [3.05, 3.63) is 23.8 Å². The van der Waals surface area contributed by atoms with Gasteiger partial charge < -0.3 is 20.1 Å². The highest BCUT2D eigenvalue weighted by Gasteiger charge is 2.76. The van der Waals surface area contributed by atoms with Crippen LogP contribution in [0.5, 0.6) is 0 Å². The summed E-state index contributed by atoms with van der Waals surface area (Å²) in [5.41, 5.74) is 2.13. The molecule has 8 atom stereocenters. The van der Waals surface area contributed by atoms with Crippen LogP contribution >= 0.6 is 0 Å². The van der Waals surface area contributed by atoms with Crippen molar-refractivity contribution < 1.29 is 20.1 Å². The molecular formula is C21H36O4. The Morgan fingerprint density at radius 2 is 1.80 bits per heavy atom. The van der Waals surface area contributed by atoms with Crippen molar-refractivity contribution in [2.24, 2.45) is 23.2 Å². The van der Waals surface area contributed by atoms with Crippen LogP contribution in [-0.2, 0) is 4.74 Å². The molecule has 3 N–H and O–H groups in total. The van der Waals surface area contributed by atoms with Gasteiger partial charge in [0.15, 0.2) is 0 Å². The molecule has 1 saturated heterocycles. The number of ether oxygens (including phenoxy) is 1. The lowest BCUT2D eigenvalue weighted by Crippen LogP contribution is -2.62. The van der Waals surface area contributed by atoms with Gasteiger partial charge in [-0.3, -0.25) is 0 Å². The van der Waals surface area contributed by atoms with E-state index in [1.807, 2.05) is 19.9 Å². The Balaban J connectivity index is 0.000000173. The fourth-order valence-corrected chi connectivity index (χ4v) is 5.21. The molecule has 0 unspecified atom stereocenters. The molecule has 25 heavy (non-hydrogen) atoms. The van der Waals surface area contributed by atoms with Gasteiger partial charge in [0.1, 0.15) is 12.2 Å². The van der Waals surface area contributed by atoms with E-state index in [1.165, 1.54) is 6.42 Å². The number of aliphatic hydroxyl groups excluding tert-OH is 3. The van der Waals surface area contributed by atoms with E-state index >= 15 is 0 Å². The Kier molecular flexibility index (Phi) is 5.35. The summed E-state index contributed by atoms with van der Waals surface area (Å²) in [4.78, 5) is 0. The normalized spacial score (nSPS) is 48.5. The minimum Gasteiger partial charge on any atom is -0.390 e. The molecule has 5 rings (SSSR count). The molecule has 1 heterocycles. The van der Waals surface area contributed by atoms with Gasteiger partial charge in [-0.15, -0.1) is 0 Å². The second-order valence-corrected chi connectivity index (χ2v) is 9.00. The molecule has 0 spiro atoms. The average molecular weight is 353 g/mol. The number of hydrogen-bond donors (Lipinski definition) is 3. The molecule has 4 aliphatic carbocycles. The third-order valence-electron chi connectivity index (χ3n) is 7.18. The van der Waals surface area contributed by atoms with Gasteiger partial charge in [-0.05, 0) is 56.4 Å². The molecule has 4 nitrogen and oxygen atoms in total. The van der Waals surface area contributed by atoms with Crippen LogP contribution in [0.3, 0.4) is 0 Å². The fraction of sp³-hybridized carbons (Fsp3) is 0.810. The van der Waals surface area contributed by atoms with Crippen LogP contribution in [0.25, 0.3) is 0 Å². The van der Waals surface area contributed by atoms with Crippen LogP contribution in [0.1, 0.15) is 54.9 Å². The second kappa shape index (κ2) is 6.49. The summed E-state index contributed by atoms with van der Waals surface area (Å²) in [6.45, 7) is 14.2. The molecule has 0 aromatic carbocycles. The van der Waals surface area contributed by atoms with Crippen molar-refractivity contribution in [1.29, 1.82) is 0 Å². The minimum absolute atomic E-state index is 0. The maximum atomic E-state index is 9.90. The second-order valence-electron chi connectivity index (χ2n) is 9.00. The van der Waals surface area contributed by atoms with Crippen LogP contribution < -0.4 is 0 Å². The number of allylic oxidation sites excluding steroid dienone is 1. The number of hydrogen-bond acceptors (Lipinski definition) is 4. The van der Waals surface area contributed by atoms with E-state index in [9.17, 15) is 15.3 Å². The van der Waals surface area contributed by atoms with Gasteiger partial charge in [-0.25, -0.2) is 0 Å². The van der Waals surface area contributed by atoms with Gasteiger partial charge in [-0.2, -0.15) is 0 Å². The molecule has 4 fully saturated rings. The SMILES string of the molecule is C.C=C(C)[C@@H]1CC=C(C)[C@@H](O)[C@@H]1O.CC1(C)[C@@H]2C[C@H]1[C@@]1(C)O[C@H]1[C@@H]2O. The zero-order valence-corrected chi connectivity index (χ0v) is 15.5. The van der Waals surface area contributed by atoms with Gasteiger partial charge >= 0.3 is 0 Å². The summed E-state index contributed by atoms with van der Waals surface area (Å²) < 4.78 is 5.62. The average Bonchev–Trinajstić information content (AvgIpc) is 3.18. The zero-order chi connectivity index (χ0) is 18.0. The molecule has 2 bridgehead atoms. The third-order valence-corrected chi connectivity index (χ3v) is 7.18. The fourth-order valence-electron chi connectivity index (χ4n) is 5.21. The first-order chi connectivity index (χ1) is 11.0. The highest BCUT2D eigenvalue weighted by atomic mass is 16.6. The molecule has 1 aliphatic heterocycles. The Labute approximate surface area is 152 Å². The molecular weight excluding hydrogens is 316 g/mol. The number of aliphatic hydroxyl groups is 3. The van der Waals surface area contributed by atoms with Crippen molar-refractivity contribution in [3.63, 3.8) is 0 Å². The Hall–Kier alpha value is -0.680. The van der Waals surface area contributed by atoms with E-state index < -0.39 is 12.2 Å². The predicted octanol–water partition coefficient (Wildman–Crippen LogP) is 3.07. The third kappa shape index (κ3) is 3.01. The predicted molar refractivity (Wildman–Crippen MR) is 100 cm³/mol. The van der Waals surface area contributed by atoms with E-state index in [0.717, 1.165) is 17.6 Å². The van der Waals surface area contributed by atoms with Crippen LogP contribution in [0.4, 0.5) is 0 Å². The molecule has 144 valence electrons. The van der Waals surface area contributed by atoms with Crippen molar-refractivity contribution in [1.82, 2.24) is 0 Å². The van der Waals surface area contributed by atoms with Crippen molar-refractivity contribution in [3.8, 4) is 0 Å². The molecule has 0 amide bonds. The van der Waals surface area contributed by atoms with Crippen molar-refractivity contribution in [2.45, 2.75) is 84.9 Å². The summed E-state index contributed by atoms with van der Waals surface area (Å²) >= 11 is 0. The van der Waals surface area contributed by atoms with Crippen LogP contribution in [0.2, 0.25) is 0 Å². The van der Waals surface area contributed by atoms with E-state index in [2.05, 4.69) is 27.4 Å². The lowest BCUT2D eigenvalue weighted by atomic mass is 9.45. The number of epoxide rings is 1. The van der Waals surface area contributed by atoms with Crippen molar-refractivity contribution in [2.75, 3.05) is 0 Å². The smallest absolute Gasteiger partial charge is 0.113 e. The van der Waals surface area contributed by atoms with Crippen LogP contribution in [-0.4, -0.2) is 45.3 Å². The molecule has 0 aromatic rings. The molecule has 0 aromatic heterocycles. The molecule has 0 radical (unpaired) electrons.